The molecule has 6 heteroatoms. The lowest BCUT2D eigenvalue weighted by molar-refractivity contribution is -0.133. The summed E-state index contributed by atoms with van der Waals surface area (Å²) in [6, 6.07) is 0.198. The van der Waals surface area contributed by atoms with E-state index in [1.54, 1.807) is 11.0 Å². The molecule has 0 aliphatic carbocycles. The Morgan fingerprint density at radius 3 is 2.76 bits per heavy atom. The molecule has 0 N–H and O–H groups in total. The molecule has 2 heterocycles. The quantitative estimate of drug-likeness (QED) is 0.549. The van der Waals surface area contributed by atoms with Gasteiger partial charge < -0.3 is 19.3 Å². The Labute approximate surface area is 125 Å². The first-order valence-corrected chi connectivity index (χ1v) is 7.55. The number of piperidine rings is 1. The monoisotopic (exact) mass is 296 g/mol. The van der Waals surface area contributed by atoms with Gasteiger partial charge in [-0.2, -0.15) is 0 Å². The molecule has 2 aliphatic rings. The highest BCUT2D eigenvalue weighted by Crippen LogP contribution is 2.22. The molecule has 2 aliphatic heterocycles. The molecular formula is C15H24N2O4. The topological polar surface area (TPSA) is 59.1 Å². The van der Waals surface area contributed by atoms with Gasteiger partial charge in [-0.05, 0) is 19.8 Å². The van der Waals surface area contributed by atoms with Crippen LogP contribution < -0.4 is 0 Å². The number of ether oxygens (including phenoxy) is 2. The summed E-state index contributed by atoms with van der Waals surface area (Å²) in [5, 5.41) is 0. The van der Waals surface area contributed by atoms with Gasteiger partial charge in [-0.25, -0.2) is 4.79 Å². The highest BCUT2D eigenvalue weighted by molar-refractivity contribution is 5.76. The van der Waals surface area contributed by atoms with Crippen LogP contribution in [0.3, 0.4) is 0 Å². The van der Waals surface area contributed by atoms with Crippen LogP contribution in [-0.4, -0.2) is 66.8 Å². The zero-order chi connectivity index (χ0) is 15.2. The van der Waals surface area contributed by atoms with Crippen molar-refractivity contribution < 1.29 is 19.1 Å². The maximum Gasteiger partial charge on any atom is 0.410 e. The Balaban J connectivity index is 1.71. The molecule has 0 aromatic heterocycles. The van der Waals surface area contributed by atoms with Crippen molar-refractivity contribution in [2.75, 3.05) is 32.8 Å². The molecule has 2 saturated heterocycles. The lowest BCUT2D eigenvalue weighted by Crippen LogP contribution is -2.47. The summed E-state index contributed by atoms with van der Waals surface area (Å²) in [6.45, 7) is 8.43. The maximum atomic E-state index is 12.0. The molecule has 0 aromatic rings. The zero-order valence-electron chi connectivity index (χ0n) is 12.6. The van der Waals surface area contributed by atoms with Crippen LogP contribution in [0.1, 0.15) is 26.2 Å². The molecular weight excluding hydrogens is 272 g/mol. The van der Waals surface area contributed by atoms with Gasteiger partial charge in [0.1, 0.15) is 6.10 Å². The molecule has 21 heavy (non-hydrogen) atoms. The summed E-state index contributed by atoms with van der Waals surface area (Å²) in [4.78, 5) is 27.4. The van der Waals surface area contributed by atoms with E-state index in [1.165, 1.54) is 0 Å². The summed E-state index contributed by atoms with van der Waals surface area (Å²) in [6.07, 6.45) is 3.47. The Bertz CT molecular complexity index is 391. The number of amides is 2. The van der Waals surface area contributed by atoms with Crippen molar-refractivity contribution in [3.05, 3.63) is 12.7 Å². The first-order chi connectivity index (χ1) is 10.1. The second kappa shape index (κ2) is 7.45. The van der Waals surface area contributed by atoms with Gasteiger partial charge in [-0.3, -0.25) is 4.79 Å². The van der Waals surface area contributed by atoms with Crippen LogP contribution in [0.2, 0.25) is 0 Å². The molecule has 0 aromatic carbocycles. The molecule has 2 rings (SSSR count). The van der Waals surface area contributed by atoms with E-state index in [4.69, 9.17) is 9.47 Å². The third kappa shape index (κ3) is 4.20. The molecule has 2 amide bonds. The van der Waals surface area contributed by atoms with Crippen LogP contribution in [0.4, 0.5) is 4.79 Å². The predicted molar refractivity (Wildman–Crippen MR) is 77.9 cm³/mol. The SMILES string of the molecule is C=CCOCCC(=O)N1CCC(N2CC(C)OC2=O)CC1. The number of cyclic esters (lactones) is 1. The highest BCUT2D eigenvalue weighted by atomic mass is 16.6. The zero-order valence-corrected chi connectivity index (χ0v) is 12.6. The first kappa shape index (κ1) is 15.8. The molecule has 1 atom stereocenters. The van der Waals surface area contributed by atoms with Crippen molar-refractivity contribution in [1.82, 2.24) is 9.80 Å². The van der Waals surface area contributed by atoms with Gasteiger partial charge in [0.2, 0.25) is 5.91 Å². The molecule has 6 nitrogen and oxygen atoms in total. The van der Waals surface area contributed by atoms with Gasteiger partial charge >= 0.3 is 6.09 Å². The Hall–Kier alpha value is -1.56. The van der Waals surface area contributed by atoms with Crippen LogP contribution in [-0.2, 0) is 14.3 Å². The largest absolute Gasteiger partial charge is 0.444 e. The summed E-state index contributed by atoms with van der Waals surface area (Å²) in [7, 11) is 0. The fraction of sp³-hybridized carbons (Fsp3) is 0.733. The first-order valence-electron chi connectivity index (χ1n) is 7.55. The molecule has 0 bridgehead atoms. The van der Waals surface area contributed by atoms with Crippen molar-refractivity contribution in [3.63, 3.8) is 0 Å². The number of hydrogen-bond donors (Lipinski definition) is 0. The molecule has 118 valence electrons. The van der Waals surface area contributed by atoms with Crippen molar-refractivity contribution in [2.24, 2.45) is 0 Å². The molecule has 0 spiro atoms. The van der Waals surface area contributed by atoms with E-state index in [2.05, 4.69) is 6.58 Å². The smallest absolute Gasteiger partial charge is 0.410 e. The van der Waals surface area contributed by atoms with Crippen LogP contribution in [0.25, 0.3) is 0 Å². The highest BCUT2D eigenvalue weighted by Gasteiger charge is 2.36. The third-order valence-corrected chi connectivity index (χ3v) is 3.94. The summed E-state index contributed by atoms with van der Waals surface area (Å²) >= 11 is 0. The Morgan fingerprint density at radius 2 is 2.19 bits per heavy atom. The van der Waals surface area contributed by atoms with E-state index < -0.39 is 0 Å². The number of carbonyl (C=O) groups excluding carboxylic acids is 2. The van der Waals surface area contributed by atoms with E-state index >= 15 is 0 Å². The minimum absolute atomic E-state index is 0.0285. The predicted octanol–water partition coefficient (Wildman–Crippen LogP) is 1.41. The summed E-state index contributed by atoms with van der Waals surface area (Å²) < 4.78 is 10.4. The number of nitrogens with zero attached hydrogens (tertiary/aromatic N) is 2. The fourth-order valence-electron chi connectivity index (χ4n) is 2.84. The lowest BCUT2D eigenvalue weighted by Gasteiger charge is -2.35. The Morgan fingerprint density at radius 1 is 1.48 bits per heavy atom. The second-order valence-electron chi connectivity index (χ2n) is 5.57. The summed E-state index contributed by atoms with van der Waals surface area (Å²) in [5.41, 5.74) is 0. The van der Waals surface area contributed by atoms with E-state index in [-0.39, 0.29) is 24.1 Å². The van der Waals surface area contributed by atoms with Gasteiger partial charge in [-0.15, -0.1) is 6.58 Å². The molecule has 0 radical (unpaired) electrons. The van der Waals surface area contributed by atoms with Gasteiger partial charge in [0.25, 0.3) is 0 Å². The van der Waals surface area contributed by atoms with Crippen LogP contribution in [0, 0.1) is 0 Å². The maximum absolute atomic E-state index is 12.0. The van der Waals surface area contributed by atoms with Crippen molar-refractivity contribution in [1.29, 1.82) is 0 Å². The number of carbonyl (C=O) groups is 2. The van der Waals surface area contributed by atoms with E-state index in [9.17, 15) is 9.59 Å². The third-order valence-electron chi connectivity index (χ3n) is 3.94. The van der Waals surface area contributed by atoms with Gasteiger partial charge in [0.15, 0.2) is 0 Å². The normalized spacial score (nSPS) is 23.3. The summed E-state index contributed by atoms with van der Waals surface area (Å²) in [5.74, 6) is 0.120. The minimum Gasteiger partial charge on any atom is -0.444 e. The number of rotatable bonds is 6. The number of hydrogen-bond acceptors (Lipinski definition) is 4. The van der Waals surface area contributed by atoms with Crippen molar-refractivity contribution in [2.45, 2.75) is 38.3 Å². The van der Waals surface area contributed by atoms with Gasteiger partial charge in [0, 0.05) is 19.1 Å². The standard InChI is InChI=1S/C15H24N2O4/c1-3-9-20-10-6-14(18)16-7-4-13(5-8-16)17-11-12(2)21-15(17)19/h3,12-13H,1,4-11H2,2H3. The van der Waals surface area contributed by atoms with E-state index in [0.717, 1.165) is 12.8 Å². The van der Waals surface area contributed by atoms with Crippen molar-refractivity contribution >= 4 is 12.0 Å². The molecule has 0 saturated carbocycles. The van der Waals surface area contributed by atoms with E-state index in [1.807, 2.05) is 11.8 Å². The molecule has 2 fully saturated rings. The average Bonchev–Trinajstić information content (AvgIpc) is 2.82. The van der Waals surface area contributed by atoms with Crippen LogP contribution in [0.15, 0.2) is 12.7 Å². The Kier molecular flexibility index (Phi) is 5.61. The van der Waals surface area contributed by atoms with Gasteiger partial charge in [-0.1, -0.05) is 6.08 Å². The average molecular weight is 296 g/mol. The lowest BCUT2D eigenvalue weighted by atomic mass is 10.0. The van der Waals surface area contributed by atoms with Crippen LogP contribution >= 0.6 is 0 Å². The second-order valence-corrected chi connectivity index (χ2v) is 5.57. The van der Waals surface area contributed by atoms with Crippen LogP contribution in [0.5, 0.6) is 0 Å². The van der Waals surface area contributed by atoms with Crippen molar-refractivity contribution in [3.8, 4) is 0 Å². The molecule has 1 unspecified atom stereocenters. The fourth-order valence-corrected chi connectivity index (χ4v) is 2.84. The van der Waals surface area contributed by atoms with Gasteiger partial charge in [0.05, 0.1) is 26.2 Å². The van der Waals surface area contributed by atoms with E-state index in [0.29, 0.717) is 39.3 Å². The number of likely N-dealkylation sites (tertiary alicyclic amines) is 1. The minimum atomic E-state index is -0.217.